The van der Waals surface area contributed by atoms with Crippen LogP contribution < -0.4 is 14.2 Å². The maximum absolute atomic E-state index is 12.9. The van der Waals surface area contributed by atoms with E-state index in [-0.39, 0.29) is 11.2 Å². The van der Waals surface area contributed by atoms with Crippen molar-refractivity contribution < 1.29 is 19.0 Å². The number of carbonyl (C=O) groups excluding carboxylic acids is 1. The maximum atomic E-state index is 12.9. The average molecular weight is 414 g/mol. The van der Waals surface area contributed by atoms with Crippen LogP contribution >= 0.6 is 11.8 Å². The van der Waals surface area contributed by atoms with Crippen LogP contribution in [0.1, 0.15) is 18.9 Å². The van der Waals surface area contributed by atoms with Crippen LogP contribution in [-0.2, 0) is 4.79 Å². The number of thioether (sulfide) groups is 1. The van der Waals surface area contributed by atoms with Crippen molar-refractivity contribution in [1.82, 2.24) is 4.90 Å². The molecular weight excluding hydrogens is 386 g/mol. The Morgan fingerprint density at radius 2 is 1.69 bits per heavy atom. The third kappa shape index (κ3) is 4.88. The molecule has 0 spiro atoms. The van der Waals surface area contributed by atoms with Gasteiger partial charge in [0.05, 0.1) is 32.1 Å². The van der Waals surface area contributed by atoms with Crippen molar-refractivity contribution in [1.29, 1.82) is 0 Å². The smallest absolute Gasteiger partial charge is 0.236 e. The van der Waals surface area contributed by atoms with Gasteiger partial charge in [0.1, 0.15) is 17.2 Å². The number of rotatable bonds is 7. The molecule has 2 aromatic rings. The van der Waals surface area contributed by atoms with Gasteiger partial charge in [0, 0.05) is 30.1 Å². The van der Waals surface area contributed by atoms with Crippen LogP contribution in [0.2, 0.25) is 0 Å². The normalized spacial score (nSPS) is 14.8. The highest BCUT2D eigenvalue weighted by atomic mass is 32.2. The standard InChI is InChI=1S/C23H27NO4S/c1-16(29-19-8-6-5-7-9-19)23(25)24-12-10-17(11-13-24)22-20(27-3)14-18(26-2)15-21(22)28-4/h5-10,14-16H,11-13H2,1-4H3/t16-/m1/s1. The van der Waals surface area contributed by atoms with E-state index >= 15 is 0 Å². The van der Waals surface area contributed by atoms with Crippen LogP contribution in [0.4, 0.5) is 0 Å². The molecule has 0 saturated heterocycles. The third-order valence-corrected chi connectivity index (χ3v) is 6.06. The van der Waals surface area contributed by atoms with Crippen molar-refractivity contribution in [3.63, 3.8) is 0 Å². The highest BCUT2D eigenvalue weighted by Crippen LogP contribution is 2.41. The molecule has 0 saturated carbocycles. The van der Waals surface area contributed by atoms with Crippen LogP contribution in [0.15, 0.2) is 53.4 Å². The molecule has 6 heteroatoms. The minimum absolute atomic E-state index is 0.127. The molecule has 1 atom stereocenters. The highest BCUT2D eigenvalue weighted by molar-refractivity contribution is 8.00. The molecule has 3 rings (SSSR count). The first-order valence-electron chi connectivity index (χ1n) is 9.57. The van der Waals surface area contributed by atoms with Crippen molar-refractivity contribution in [3.8, 4) is 17.2 Å². The monoisotopic (exact) mass is 413 g/mol. The summed E-state index contributed by atoms with van der Waals surface area (Å²) in [4.78, 5) is 15.9. The third-order valence-electron chi connectivity index (χ3n) is 4.96. The fourth-order valence-electron chi connectivity index (χ4n) is 3.43. The van der Waals surface area contributed by atoms with Crippen LogP contribution in [0.3, 0.4) is 0 Å². The van der Waals surface area contributed by atoms with Crippen LogP contribution in [0, 0.1) is 0 Å². The summed E-state index contributed by atoms with van der Waals surface area (Å²) in [6, 6.07) is 13.7. The molecule has 5 nitrogen and oxygen atoms in total. The zero-order valence-corrected chi connectivity index (χ0v) is 18.1. The van der Waals surface area contributed by atoms with E-state index in [0.29, 0.717) is 30.3 Å². The molecule has 1 amide bonds. The van der Waals surface area contributed by atoms with Gasteiger partial charge >= 0.3 is 0 Å². The van der Waals surface area contributed by atoms with E-state index in [4.69, 9.17) is 14.2 Å². The zero-order chi connectivity index (χ0) is 20.8. The molecule has 0 fully saturated rings. The summed E-state index contributed by atoms with van der Waals surface area (Å²) in [7, 11) is 4.89. The number of amides is 1. The van der Waals surface area contributed by atoms with Crippen molar-refractivity contribution in [2.24, 2.45) is 0 Å². The Morgan fingerprint density at radius 3 is 2.21 bits per heavy atom. The van der Waals surface area contributed by atoms with E-state index < -0.39 is 0 Å². The molecule has 0 aromatic heterocycles. The second-order valence-electron chi connectivity index (χ2n) is 6.74. The number of carbonyl (C=O) groups is 1. The van der Waals surface area contributed by atoms with Crippen LogP contribution in [-0.4, -0.2) is 50.5 Å². The summed E-state index contributed by atoms with van der Waals surface area (Å²) in [5, 5.41) is -0.127. The minimum Gasteiger partial charge on any atom is -0.496 e. The lowest BCUT2D eigenvalue weighted by Gasteiger charge is -2.29. The predicted octanol–water partition coefficient (Wildman–Crippen LogP) is 4.51. The van der Waals surface area contributed by atoms with Crippen molar-refractivity contribution in [2.75, 3.05) is 34.4 Å². The molecule has 29 heavy (non-hydrogen) atoms. The first-order valence-corrected chi connectivity index (χ1v) is 10.4. The van der Waals surface area contributed by atoms with Gasteiger partial charge in [-0.05, 0) is 31.1 Å². The van der Waals surface area contributed by atoms with Crippen molar-refractivity contribution in [3.05, 3.63) is 54.1 Å². The van der Waals surface area contributed by atoms with E-state index in [0.717, 1.165) is 22.5 Å². The first kappa shape index (κ1) is 21.1. The number of ether oxygens (including phenoxy) is 3. The largest absolute Gasteiger partial charge is 0.496 e. The van der Waals surface area contributed by atoms with Gasteiger partial charge in [0.2, 0.25) is 5.91 Å². The lowest BCUT2D eigenvalue weighted by molar-refractivity contribution is -0.129. The van der Waals surface area contributed by atoms with Gasteiger partial charge in [-0.25, -0.2) is 0 Å². The second kappa shape index (κ2) is 9.74. The van der Waals surface area contributed by atoms with Gasteiger partial charge in [-0.3, -0.25) is 4.79 Å². The summed E-state index contributed by atoms with van der Waals surface area (Å²) in [6.07, 6.45) is 2.83. The Hall–Kier alpha value is -2.60. The van der Waals surface area contributed by atoms with Crippen molar-refractivity contribution in [2.45, 2.75) is 23.5 Å². The summed E-state index contributed by atoms with van der Waals surface area (Å²) < 4.78 is 16.5. The molecule has 154 valence electrons. The Kier molecular flexibility index (Phi) is 7.09. The number of hydrogen-bond acceptors (Lipinski definition) is 5. The summed E-state index contributed by atoms with van der Waals surface area (Å²) >= 11 is 1.59. The Labute approximate surface area is 176 Å². The second-order valence-corrected chi connectivity index (χ2v) is 8.16. The summed E-state index contributed by atoms with van der Waals surface area (Å²) in [5.74, 6) is 2.26. The number of hydrogen-bond donors (Lipinski definition) is 0. The maximum Gasteiger partial charge on any atom is 0.236 e. The van der Waals surface area contributed by atoms with Gasteiger partial charge in [-0.1, -0.05) is 24.3 Å². The van der Waals surface area contributed by atoms with Gasteiger partial charge in [-0.15, -0.1) is 11.8 Å². The molecule has 1 aliphatic heterocycles. The Balaban J connectivity index is 1.74. The number of nitrogens with zero attached hydrogens (tertiary/aromatic N) is 1. The number of methoxy groups -OCH3 is 3. The van der Waals surface area contributed by atoms with E-state index in [1.807, 2.05) is 54.3 Å². The van der Waals surface area contributed by atoms with E-state index in [1.54, 1.807) is 33.1 Å². The minimum atomic E-state index is -0.127. The average Bonchev–Trinajstić information content (AvgIpc) is 2.78. The van der Waals surface area contributed by atoms with Gasteiger partial charge in [-0.2, -0.15) is 0 Å². The molecular formula is C23H27NO4S. The SMILES string of the molecule is COc1cc(OC)c(C2=CCN(C(=O)[C@@H](C)Sc3ccccc3)CC2)c(OC)c1. The molecule has 0 aliphatic carbocycles. The summed E-state index contributed by atoms with van der Waals surface area (Å²) in [6.45, 7) is 3.21. The van der Waals surface area contributed by atoms with E-state index in [9.17, 15) is 4.79 Å². The van der Waals surface area contributed by atoms with Crippen LogP contribution in [0.5, 0.6) is 17.2 Å². The topological polar surface area (TPSA) is 48.0 Å². The van der Waals surface area contributed by atoms with E-state index in [2.05, 4.69) is 6.08 Å². The molecule has 0 N–H and O–H groups in total. The molecule has 1 aliphatic rings. The van der Waals surface area contributed by atoms with Gasteiger partial charge < -0.3 is 19.1 Å². The lowest BCUT2D eigenvalue weighted by atomic mass is 9.97. The first-order chi connectivity index (χ1) is 14.1. The lowest BCUT2D eigenvalue weighted by Crippen LogP contribution is -2.39. The molecule has 1 heterocycles. The quantitative estimate of drug-likeness (QED) is 0.625. The van der Waals surface area contributed by atoms with E-state index in [1.165, 1.54) is 0 Å². The van der Waals surface area contributed by atoms with Gasteiger partial charge in [0.25, 0.3) is 0 Å². The Morgan fingerprint density at radius 1 is 1.03 bits per heavy atom. The summed E-state index contributed by atoms with van der Waals surface area (Å²) in [5.41, 5.74) is 2.04. The number of benzene rings is 2. The zero-order valence-electron chi connectivity index (χ0n) is 17.3. The van der Waals surface area contributed by atoms with Crippen LogP contribution in [0.25, 0.3) is 5.57 Å². The Bertz CT molecular complexity index is 857. The predicted molar refractivity (Wildman–Crippen MR) is 117 cm³/mol. The molecule has 2 aromatic carbocycles. The molecule has 0 unspecified atom stereocenters. The fraction of sp³-hybridized carbons (Fsp3) is 0.348. The molecule has 0 bridgehead atoms. The van der Waals surface area contributed by atoms with Gasteiger partial charge in [0.15, 0.2) is 0 Å². The molecule has 0 radical (unpaired) electrons. The fourth-order valence-corrected chi connectivity index (χ4v) is 4.40. The highest BCUT2D eigenvalue weighted by Gasteiger charge is 2.26. The van der Waals surface area contributed by atoms with Crippen molar-refractivity contribution >= 4 is 23.2 Å².